The van der Waals surface area contributed by atoms with Gasteiger partial charge in [-0.1, -0.05) is 0 Å². The highest BCUT2D eigenvalue weighted by atomic mass is 16.5. The van der Waals surface area contributed by atoms with Crippen LogP contribution in [0.5, 0.6) is 0 Å². The molecule has 1 saturated carbocycles. The van der Waals surface area contributed by atoms with Crippen LogP contribution in [-0.4, -0.2) is 18.9 Å². The van der Waals surface area contributed by atoms with Crippen LogP contribution < -0.4 is 0 Å². The van der Waals surface area contributed by atoms with Crippen LogP contribution in [0.2, 0.25) is 0 Å². The number of hydrogen-bond acceptors (Lipinski definition) is 3. The van der Waals surface area contributed by atoms with E-state index in [1.165, 1.54) is 13.2 Å². The van der Waals surface area contributed by atoms with Gasteiger partial charge in [0.25, 0.3) is 0 Å². The molecule has 2 rings (SSSR count). The zero-order chi connectivity index (χ0) is 10.8. The van der Waals surface area contributed by atoms with Crippen LogP contribution in [0, 0.1) is 37.5 Å². The predicted octanol–water partition coefficient (Wildman–Crippen LogP) is 1.08. The smallest absolute Gasteiger partial charge is 0.313 e. The van der Waals surface area contributed by atoms with Crippen molar-refractivity contribution in [1.29, 1.82) is 0 Å². The van der Waals surface area contributed by atoms with E-state index < -0.39 is 5.92 Å². The van der Waals surface area contributed by atoms with E-state index in [-0.39, 0.29) is 18.2 Å². The van der Waals surface area contributed by atoms with Crippen LogP contribution in [0.4, 0.5) is 0 Å². The number of carbonyl (C=O) groups is 2. The van der Waals surface area contributed by atoms with Crippen molar-refractivity contribution < 1.29 is 14.3 Å². The number of carbonyl (C=O) groups excluding carboxylic acids is 2. The van der Waals surface area contributed by atoms with Gasteiger partial charge in [-0.15, -0.1) is 0 Å². The van der Waals surface area contributed by atoms with Gasteiger partial charge >= 0.3 is 5.97 Å². The Labute approximate surface area is 89.5 Å². The molecule has 15 heavy (non-hydrogen) atoms. The van der Waals surface area contributed by atoms with Crippen molar-refractivity contribution in [2.24, 2.45) is 5.92 Å². The quantitative estimate of drug-likeness (QED) is 0.631. The summed E-state index contributed by atoms with van der Waals surface area (Å²) in [7, 11) is 1.34. The summed E-state index contributed by atoms with van der Waals surface area (Å²) in [6, 6.07) is 0. The topological polar surface area (TPSA) is 43.4 Å². The number of rotatable bonds is 2. The first-order valence-electron chi connectivity index (χ1n) is 4.76. The first-order valence-corrected chi connectivity index (χ1v) is 4.76. The fourth-order valence-electron chi connectivity index (χ4n) is 1.85. The average molecular weight is 203 g/mol. The lowest BCUT2D eigenvalue weighted by molar-refractivity contribution is -0.144. The molecular weight excluding hydrogens is 192 g/mol. The lowest BCUT2D eigenvalue weighted by atomic mass is 9.89. The summed E-state index contributed by atoms with van der Waals surface area (Å²) in [5, 5.41) is 0. The Morgan fingerprint density at radius 3 is 2.67 bits per heavy atom. The number of ketones is 1. The third-order valence-electron chi connectivity index (χ3n) is 2.58. The van der Waals surface area contributed by atoms with Gasteiger partial charge in [-0.2, -0.15) is 0 Å². The van der Waals surface area contributed by atoms with Gasteiger partial charge in [-0.25, -0.2) is 0 Å². The van der Waals surface area contributed by atoms with Gasteiger partial charge < -0.3 is 4.74 Å². The van der Waals surface area contributed by atoms with Gasteiger partial charge in [0.2, 0.25) is 0 Å². The Morgan fingerprint density at radius 2 is 2.07 bits per heavy atom. The molecule has 3 nitrogen and oxygen atoms in total. The molecule has 1 unspecified atom stereocenters. The summed E-state index contributed by atoms with van der Waals surface area (Å²) < 4.78 is 4.68. The van der Waals surface area contributed by atoms with E-state index in [4.69, 9.17) is 0 Å². The minimum Gasteiger partial charge on any atom is -0.469 e. The summed E-state index contributed by atoms with van der Waals surface area (Å²) >= 11 is 0. The van der Waals surface area contributed by atoms with Crippen LogP contribution in [0.3, 0.4) is 0 Å². The number of allylic oxidation sites excluding steroid dienone is 1. The van der Waals surface area contributed by atoms with E-state index in [0.29, 0.717) is 0 Å². The molecule has 0 spiro atoms. The zero-order valence-corrected chi connectivity index (χ0v) is 8.40. The lowest BCUT2D eigenvalue weighted by Gasteiger charge is -2.16. The molecule has 0 N–H and O–H groups in total. The molecule has 2 aliphatic rings. The molecule has 0 saturated heterocycles. The monoisotopic (exact) mass is 203 g/mol. The minimum absolute atomic E-state index is 0.0124. The van der Waals surface area contributed by atoms with E-state index >= 15 is 0 Å². The van der Waals surface area contributed by atoms with Gasteiger partial charge in [-0.3, -0.25) is 9.59 Å². The Morgan fingerprint density at radius 1 is 1.40 bits per heavy atom. The normalized spacial score (nSPS) is 26.9. The molecule has 0 amide bonds. The number of ether oxygens (including phenoxy) is 1. The molecule has 0 aromatic heterocycles. The predicted molar refractivity (Wildman–Crippen MR) is 53.7 cm³/mol. The molecule has 0 aromatic carbocycles. The molecule has 0 aliphatic heterocycles. The van der Waals surface area contributed by atoms with Gasteiger partial charge in [-0.05, 0) is 37.3 Å². The maximum atomic E-state index is 11.4. The molecular formula is C12H11O3. The summed E-state index contributed by atoms with van der Waals surface area (Å²) in [6.07, 6.45) is 9.31. The second kappa shape index (κ2) is 4.17. The maximum absolute atomic E-state index is 11.4. The zero-order valence-electron chi connectivity index (χ0n) is 8.40. The van der Waals surface area contributed by atoms with Crippen LogP contribution in [0.1, 0.15) is 6.42 Å². The van der Waals surface area contributed by atoms with E-state index in [1.54, 1.807) is 0 Å². The second-order valence-corrected chi connectivity index (χ2v) is 3.52. The van der Waals surface area contributed by atoms with Gasteiger partial charge in [0, 0.05) is 12.3 Å². The van der Waals surface area contributed by atoms with Crippen molar-refractivity contribution in [3.05, 3.63) is 43.3 Å². The highest BCUT2D eigenvalue weighted by molar-refractivity contribution is 6.00. The molecule has 5 radical (unpaired) electrons. The maximum Gasteiger partial charge on any atom is 0.313 e. The fraction of sp³-hybridized carbons (Fsp3) is 0.250. The van der Waals surface area contributed by atoms with Crippen molar-refractivity contribution in [1.82, 2.24) is 0 Å². The summed E-state index contributed by atoms with van der Waals surface area (Å²) in [5.41, 5.74) is 0.775. The highest BCUT2D eigenvalue weighted by Gasteiger charge is 2.37. The van der Waals surface area contributed by atoms with E-state index in [0.717, 1.165) is 11.5 Å². The van der Waals surface area contributed by atoms with Crippen molar-refractivity contribution in [3.63, 3.8) is 0 Å². The molecule has 0 aromatic rings. The van der Waals surface area contributed by atoms with E-state index in [9.17, 15) is 9.59 Å². The van der Waals surface area contributed by atoms with Gasteiger partial charge in [0.15, 0.2) is 5.78 Å². The van der Waals surface area contributed by atoms with Crippen molar-refractivity contribution in [2.45, 2.75) is 6.42 Å². The summed E-state index contributed by atoms with van der Waals surface area (Å²) in [4.78, 5) is 22.7. The van der Waals surface area contributed by atoms with Gasteiger partial charge in [0.1, 0.15) is 0 Å². The third kappa shape index (κ3) is 1.96. The molecule has 0 bridgehead atoms. The van der Waals surface area contributed by atoms with Crippen LogP contribution in [-0.2, 0) is 14.3 Å². The van der Waals surface area contributed by atoms with Crippen molar-refractivity contribution in [3.8, 4) is 0 Å². The first-order chi connectivity index (χ1) is 7.22. The molecule has 1 fully saturated rings. The van der Waals surface area contributed by atoms with E-state index in [2.05, 4.69) is 4.74 Å². The van der Waals surface area contributed by atoms with Crippen LogP contribution in [0.15, 0.2) is 11.6 Å². The van der Waals surface area contributed by atoms with Crippen molar-refractivity contribution in [2.75, 3.05) is 7.11 Å². The SMILES string of the molecule is COC(=O)C1CC(=O)C=C1[C]1[CH][CH][CH][CH]1. The first kappa shape index (κ1) is 10.4. The largest absolute Gasteiger partial charge is 0.469 e. The van der Waals surface area contributed by atoms with Crippen LogP contribution >= 0.6 is 0 Å². The van der Waals surface area contributed by atoms with Gasteiger partial charge in [0.05, 0.1) is 13.0 Å². The molecule has 77 valence electrons. The Bertz CT molecular complexity index is 311. The van der Waals surface area contributed by atoms with E-state index in [1.807, 2.05) is 25.7 Å². The molecule has 3 heteroatoms. The average Bonchev–Trinajstić information content (AvgIpc) is 2.84. The Balaban J connectivity index is 2.15. The second-order valence-electron chi connectivity index (χ2n) is 3.52. The molecule has 1 atom stereocenters. The standard InChI is InChI=1S/C12H11O3/c1-15-12(14)11-7-9(13)6-10(11)8-4-2-3-5-8/h2-6,11H,7H2,1H3. The highest BCUT2D eigenvalue weighted by Crippen LogP contribution is 2.39. The number of hydrogen-bond donors (Lipinski definition) is 0. The Hall–Kier alpha value is -1.12. The molecule has 2 aliphatic carbocycles. The number of esters is 1. The lowest BCUT2D eigenvalue weighted by Crippen LogP contribution is -2.19. The van der Waals surface area contributed by atoms with Crippen molar-refractivity contribution >= 4 is 11.8 Å². The Kier molecular flexibility index (Phi) is 2.89. The van der Waals surface area contributed by atoms with Crippen LogP contribution in [0.25, 0.3) is 0 Å². The number of methoxy groups -OCH3 is 1. The summed E-state index contributed by atoms with van der Waals surface area (Å²) in [6.45, 7) is 0. The molecule has 0 heterocycles. The fourth-order valence-corrected chi connectivity index (χ4v) is 1.85. The third-order valence-corrected chi connectivity index (χ3v) is 2.58. The summed E-state index contributed by atoms with van der Waals surface area (Å²) in [5.74, 6) is 0.149. The minimum atomic E-state index is -0.426.